The minimum atomic E-state index is -6.09. The summed E-state index contributed by atoms with van der Waals surface area (Å²) in [5, 5.41) is 0. The first kappa shape index (κ1) is 15.8. The van der Waals surface area contributed by atoms with Gasteiger partial charge in [0, 0.05) is 19.5 Å². The summed E-state index contributed by atoms with van der Waals surface area (Å²) in [5.74, 6) is 1.62. The van der Waals surface area contributed by atoms with Crippen molar-refractivity contribution in [1.29, 1.82) is 0 Å². The van der Waals surface area contributed by atoms with E-state index in [1.807, 2.05) is 0 Å². The number of hydrogen-bond donors (Lipinski definition) is 0. The van der Waals surface area contributed by atoms with Gasteiger partial charge in [-0.1, -0.05) is 24.3 Å². The standard InChI is InChI=1S/C7H8.CHF3O3S.Rh/c1-2-7-4-3-6(1)5-7;2-1(3,4)8(5,6)7;/h1-4,6-7H,5H2;(H,5,6,7);/p-1. The van der Waals surface area contributed by atoms with Gasteiger partial charge in [-0.15, -0.1) is 0 Å². The van der Waals surface area contributed by atoms with Crippen LogP contribution in [0.1, 0.15) is 6.42 Å². The van der Waals surface area contributed by atoms with Gasteiger partial charge < -0.3 is 4.55 Å². The molecule has 0 aromatic heterocycles. The third-order valence-electron chi connectivity index (χ3n) is 2.04. The molecule has 0 fully saturated rings. The number of fused-ring (bicyclic) bond motifs is 2. The van der Waals surface area contributed by atoms with E-state index in [0.717, 1.165) is 11.8 Å². The van der Waals surface area contributed by atoms with Crippen molar-refractivity contribution in [2.45, 2.75) is 11.9 Å². The third-order valence-corrected chi connectivity index (χ3v) is 2.61. The second-order valence-electron chi connectivity index (χ2n) is 3.23. The number of hydrogen-bond acceptors (Lipinski definition) is 3. The van der Waals surface area contributed by atoms with E-state index in [9.17, 15) is 13.2 Å². The molecule has 0 aliphatic heterocycles. The van der Waals surface area contributed by atoms with Gasteiger partial charge in [-0.2, -0.15) is 13.2 Å². The Morgan fingerprint density at radius 1 is 1.06 bits per heavy atom. The fourth-order valence-corrected chi connectivity index (χ4v) is 1.33. The summed E-state index contributed by atoms with van der Waals surface area (Å²) in [6.45, 7) is 0. The normalized spacial score (nSPS) is 26.0. The molecule has 2 rings (SSSR count). The minimum absolute atomic E-state index is 0. The molecule has 0 heterocycles. The molecule has 0 spiro atoms. The molecule has 0 aromatic carbocycles. The first-order valence-electron chi connectivity index (χ1n) is 4.09. The Balaban J connectivity index is 0.000000265. The van der Waals surface area contributed by atoms with Crippen LogP contribution in [0.3, 0.4) is 0 Å². The average Bonchev–Trinajstić information content (AvgIpc) is 2.62. The number of rotatable bonds is 0. The van der Waals surface area contributed by atoms with E-state index in [4.69, 9.17) is 13.0 Å². The van der Waals surface area contributed by atoms with Crippen LogP contribution in [0.15, 0.2) is 24.3 Å². The van der Waals surface area contributed by atoms with Crippen LogP contribution in [0.25, 0.3) is 0 Å². The predicted octanol–water partition coefficient (Wildman–Crippen LogP) is 1.80. The number of halogens is 3. The van der Waals surface area contributed by atoms with Crippen LogP contribution in [-0.2, 0) is 29.6 Å². The van der Waals surface area contributed by atoms with Gasteiger partial charge in [-0.3, -0.25) is 0 Å². The van der Waals surface area contributed by atoms with Crippen LogP contribution in [0.5, 0.6) is 0 Å². The minimum Gasteiger partial charge on any atom is -0.741 e. The molecule has 95 valence electrons. The average molecular weight is 344 g/mol. The van der Waals surface area contributed by atoms with Crippen LogP contribution in [-0.4, -0.2) is 18.5 Å². The predicted molar refractivity (Wildman–Crippen MR) is 45.6 cm³/mol. The van der Waals surface area contributed by atoms with E-state index in [2.05, 4.69) is 24.3 Å². The third kappa shape index (κ3) is 4.35. The summed E-state index contributed by atoms with van der Waals surface area (Å²) < 4.78 is 58.9. The van der Waals surface area contributed by atoms with Gasteiger partial charge in [-0.25, -0.2) is 8.42 Å². The fourth-order valence-electron chi connectivity index (χ4n) is 1.33. The van der Waals surface area contributed by atoms with Crippen molar-refractivity contribution >= 4 is 10.1 Å². The summed E-state index contributed by atoms with van der Waals surface area (Å²) in [5.41, 5.74) is -5.65. The van der Waals surface area contributed by atoms with Gasteiger partial charge in [0.15, 0.2) is 10.1 Å². The smallest absolute Gasteiger partial charge is 0.485 e. The topological polar surface area (TPSA) is 57.2 Å². The Labute approximate surface area is 104 Å². The number of alkyl halides is 3. The van der Waals surface area contributed by atoms with Crippen LogP contribution in [0.2, 0.25) is 0 Å². The first-order valence-corrected chi connectivity index (χ1v) is 5.50. The van der Waals surface area contributed by atoms with Crippen molar-refractivity contribution in [2.24, 2.45) is 11.8 Å². The molecule has 8 heteroatoms. The van der Waals surface area contributed by atoms with Crippen molar-refractivity contribution in [3.05, 3.63) is 24.3 Å². The maximum Gasteiger partial charge on any atom is 0.485 e. The fraction of sp³-hybridized carbons (Fsp3) is 0.500. The quantitative estimate of drug-likeness (QED) is 0.291. The molecule has 0 N–H and O–H groups in total. The molecule has 2 aliphatic rings. The van der Waals surface area contributed by atoms with E-state index in [1.165, 1.54) is 6.42 Å². The van der Waals surface area contributed by atoms with Gasteiger partial charge in [0.1, 0.15) is 0 Å². The molecule has 0 aromatic rings. The van der Waals surface area contributed by atoms with E-state index in [0.29, 0.717) is 0 Å². The molecule has 2 bridgehead atoms. The van der Waals surface area contributed by atoms with E-state index in [1.54, 1.807) is 0 Å². The first-order chi connectivity index (χ1) is 6.70. The summed E-state index contributed by atoms with van der Waals surface area (Å²) in [4.78, 5) is 0. The van der Waals surface area contributed by atoms with Gasteiger partial charge in [0.2, 0.25) is 0 Å². The summed E-state index contributed by atoms with van der Waals surface area (Å²) >= 11 is 0. The SMILES string of the molecule is C1=CC2C=CC1C2.O=S(=O)([O-])C(F)(F)F.[Rh]. The molecule has 0 saturated carbocycles. The summed E-state index contributed by atoms with van der Waals surface area (Å²) in [6, 6.07) is 0. The molecule has 1 radical (unpaired) electrons. The van der Waals surface area contributed by atoms with E-state index < -0.39 is 15.6 Å². The van der Waals surface area contributed by atoms with Crippen molar-refractivity contribution in [1.82, 2.24) is 0 Å². The van der Waals surface area contributed by atoms with Crippen molar-refractivity contribution in [3.63, 3.8) is 0 Å². The van der Waals surface area contributed by atoms with Gasteiger partial charge >= 0.3 is 5.51 Å². The van der Waals surface area contributed by atoms with E-state index >= 15 is 0 Å². The van der Waals surface area contributed by atoms with Crippen molar-refractivity contribution in [3.8, 4) is 0 Å². The molecular formula is C8H8F3O3RhS-. The van der Waals surface area contributed by atoms with Gasteiger partial charge in [-0.05, 0) is 18.3 Å². The zero-order chi connectivity index (χ0) is 11.7. The van der Waals surface area contributed by atoms with Crippen LogP contribution in [0, 0.1) is 11.8 Å². The molecule has 16 heavy (non-hydrogen) atoms. The second-order valence-corrected chi connectivity index (χ2v) is 4.60. The largest absolute Gasteiger partial charge is 0.741 e. The summed E-state index contributed by atoms with van der Waals surface area (Å²) in [6.07, 6.45) is 10.5. The summed E-state index contributed by atoms with van der Waals surface area (Å²) in [7, 11) is -6.09. The van der Waals surface area contributed by atoms with E-state index in [-0.39, 0.29) is 19.5 Å². The zero-order valence-electron chi connectivity index (χ0n) is 7.77. The molecule has 2 aliphatic carbocycles. The Morgan fingerprint density at radius 3 is 1.38 bits per heavy atom. The monoisotopic (exact) mass is 344 g/mol. The molecule has 3 nitrogen and oxygen atoms in total. The maximum absolute atomic E-state index is 10.7. The maximum atomic E-state index is 10.7. The molecule has 0 saturated heterocycles. The molecule has 0 unspecified atom stereocenters. The van der Waals surface area contributed by atoms with Gasteiger partial charge in [0.25, 0.3) is 0 Å². The molecule has 0 atom stereocenters. The number of allylic oxidation sites excluding steroid dienone is 4. The second kappa shape index (κ2) is 5.42. The van der Waals surface area contributed by atoms with Gasteiger partial charge in [0.05, 0.1) is 0 Å². The zero-order valence-corrected chi connectivity index (χ0v) is 10.2. The Bertz CT molecular complexity index is 358. The van der Waals surface area contributed by atoms with Crippen molar-refractivity contribution in [2.75, 3.05) is 0 Å². The van der Waals surface area contributed by atoms with Crippen LogP contribution in [0.4, 0.5) is 13.2 Å². The van der Waals surface area contributed by atoms with Crippen LogP contribution < -0.4 is 0 Å². The Hall–Kier alpha value is -0.197. The molecular weight excluding hydrogens is 336 g/mol. The van der Waals surface area contributed by atoms with Crippen LogP contribution >= 0.6 is 0 Å². The molecule has 0 amide bonds. The van der Waals surface area contributed by atoms with Crippen molar-refractivity contribution < 1.29 is 45.6 Å². The Morgan fingerprint density at radius 2 is 1.31 bits per heavy atom. The Kier molecular flexibility index (Phi) is 5.36.